The molecule has 2 fully saturated rings. The highest BCUT2D eigenvalue weighted by molar-refractivity contribution is 6.58. The van der Waals surface area contributed by atoms with E-state index in [9.17, 15) is 17.6 Å². The van der Waals surface area contributed by atoms with Crippen LogP contribution < -0.4 is 9.47 Å². The van der Waals surface area contributed by atoms with Crippen molar-refractivity contribution in [3.63, 3.8) is 0 Å². The quantitative estimate of drug-likeness (QED) is 0.335. The van der Waals surface area contributed by atoms with Crippen LogP contribution in [0.3, 0.4) is 0 Å². The zero-order valence-electron chi connectivity index (χ0n) is 17.1. The van der Waals surface area contributed by atoms with Crippen LogP contribution in [0.2, 0.25) is 18.1 Å². The Morgan fingerprint density at radius 1 is 1.00 bits per heavy atom. The zero-order chi connectivity index (χ0) is 20.9. The number of hydrogen-bond donors (Lipinski definition) is 0. The lowest BCUT2D eigenvalue weighted by Gasteiger charge is -2.37. The van der Waals surface area contributed by atoms with E-state index in [2.05, 4.69) is 11.7 Å². The largest absolute Gasteiger partial charge is 0.573 e. The van der Waals surface area contributed by atoms with Crippen LogP contribution in [-0.2, 0) is 0 Å². The predicted octanol–water partition coefficient (Wildman–Crippen LogP) is 7.22. The monoisotopic (exact) mass is 431 g/mol. The molecule has 0 spiro atoms. The number of benzene rings is 1. The normalized spacial score (nSPS) is 24.4. The van der Waals surface area contributed by atoms with Gasteiger partial charge >= 0.3 is 6.36 Å². The van der Waals surface area contributed by atoms with Gasteiger partial charge in [0.25, 0.3) is 0 Å². The van der Waals surface area contributed by atoms with Crippen molar-refractivity contribution in [1.82, 2.24) is 0 Å². The summed E-state index contributed by atoms with van der Waals surface area (Å²) in [7, 11) is -0.0572. The summed E-state index contributed by atoms with van der Waals surface area (Å²) < 4.78 is 59.7. The van der Waals surface area contributed by atoms with Gasteiger partial charge in [-0.3, -0.25) is 0 Å². The third kappa shape index (κ3) is 6.90. The topological polar surface area (TPSA) is 18.5 Å². The Hall–Kier alpha value is -1.24. The summed E-state index contributed by atoms with van der Waals surface area (Å²) in [6.07, 6.45) is 3.99. The first-order valence-electron chi connectivity index (χ1n) is 10.9. The lowest BCUT2D eigenvalue weighted by molar-refractivity contribution is -0.275. The molecular formula is C22H31F4O2Si. The molecule has 1 heterocycles. The van der Waals surface area contributed by atoms with Crippen molar-refractivity contribution >= 4 is 8.80 Å². The molecule has 2 nitrogen and oxygen atoms in total. The SMILES string of the molecule is CCC[Si]1CCC(C2CCC(COc3ccc(OC(F)(F)F)c(F)c3)CC2)CC1. The molecular weight excluding hydrogens is 400 g/mol. The van der Waals surface area contributed by atoms with Gasteiger partial charge in [0.05, 0.1) is 6.61 Å². The number of ether oxygens (including phenoxy) is 2. The van der Waals surface area contributed by atoms with Crippen molar-refractivity contribution in [2.75, 3.05) is 6.61 Å². The Morgan fingerprint density at radius 3 is 2.24 bits per heavy atom. The molecule has 0 aromatic heterocycles. The van der Waals surface area contributed by atoms with Crippen LogP contribution in [0.1, 0.15) is 51.9 Å². The average Bonchev–Trinajstić information content (AvgIpc) is 2.69. The lowest BCUT2D eigenvalue weighted by Crippen LogP contribution is -2.29. The molecule has 0 amide bonds. The van der Waals surface area contributed by atoms with E-state index in [0.717, 1.165) is 36.8 Å². The summed E-state index contributed by atoms with van der Waals surface area (Å²) in [5.74, 6) is 0.525. The molecule has 163 valence electrons. The van der Waals surface area contributed by atoms with Gasteiger partial charge in [0.1, 0.15) is 5.75 Å². The summed E-state index contributed by atoms with van der Waals surface area (Å²) >= 11 is 0. The van der Waals surface area contributed by atoms with E-state index in [1.165, 1.54) is 56.3 Å². The number of halogens is 4. The maximum Gasteiger partial charge on any atom is 0.573 e. The molecule has 2 aliphatic rings. The molecule has 1 radical (unpaired) electrons. The van der Waals surface area contributed by atoms with E-state index in [1.807, 2.05) is 0 Å². The van der Waals surface area contributed by atoms with Crippen LogP contribution in [0.25, 0.3) is 0 Å². The lowest BCUT2D eigenvalue weighted by atomic mass is 9.74. The summed E-state index contributed by atoms with van der Waals surface area (Å²) in [6.45, 7) is 2.78. The second-order valence-electron chi connectivity index (χ2n) is 8.57. The molecule has 1 saturated carbocycles. The Morgan fingerprint density at radius 2 is 1.66 bits per heavy atom. The van der Waals surface area contributed by atoms with Crippen molar-refractivity contribution in [3.05, 3.63) is 24.0 Å². The fraction of sp³-hybridized carbons (Fsp3) is 0.727. The van der Waals surface area contributed by atoms with E-state index in [4.69, 9.17) is 4.74 Å². The van der Waals surface area contributed by atoms with Crippen molar-refractivity contribution in [2.24, 2.45) is 17.8 Å². The predicted molar refractivity (Wildman–Crippen MR) is 107 cm³/mol. The Kier molecular flexibility index (Phi) is 7.88. The van der Waals surface area contributed by atoms with E-state index >= 15 is 0 Å². The van der Waals surface area contributed by atoms with Crippen LogP contribution in [0, 0.1) is 23.6 Å². The number of rotatable bonds is 7. The molecule has 0 unspecified atom stereocenters. The minimum atomic E-state index is -4.90. The van der Waals surface area contributed by atoms with Gasteiger partial charge in [-0.2, -0.15) is 0 Å². The molecule has 7 heteroatoms. The van der Waals surface area contributed by atoms with Crippen LogP contribution >= 0.6 is 0 Å². The molecule has 1 aliphatic heterocycles. The second kappa shape index (κ2) is 10.2. The zero-order valence-corrected chi connectivity index (χ0v) is 18.1. The highest BCUT2D eigenvalue weighted by Gasteiger charge is 2.33. The van der Waals surface area contributed by atoms with Gasteiger partial charge in [-0.1, -0.05) is 44.3 Å². The van der Waals surface area contributed by atoms with E-state index in [-0.39, 0.29) is 14.5 Å². The minimum absolute atomic E-state index is 0.0572. The first-order chi connectivity index (χ1) is 13.8. The molecule has 0 bridgehead atoms. The van der Waals surface area contributed by atoms with Gasteiger partial charge < -0.3 is 9.47 Å². The smallest absolute Gasteiger partial charge is 0.493 e. The molecule has 0 atom stereocenters. The molecule has 1 aliphatic carbocycles. The van der Waals surface area contributed by atoms with E-state index in [0.29, 0.717) is 12.5 Å². The second-order valence-corrected chi connectivity index (χ2v) is 11.6. The maximum atomic E-state index is 13.8. The van der Waals surface area contributed by atoms with Crippen molar-refractivity contribution < 1.29 is 27.0 Å². The third-order valence-corrected chi connectivity index (χ3v) is 9.71. The highest BCUT2D eigenvalue weighted by atomic mass is 28.3. The molecule has 29 heavy (non-hydrogen) atoms. The standard InChI is InChI=1S/C22H31F4O2Si/c1-2-11-29-12-9-18(10-13-29)17-5-3-16(4-6-17)15-27-19-7-8-21(20(23)14-19)28-22(24,25)26/h7-8,14,16-18H,2-6,9-13,15H2,1H3. The van der Waals surface area contributed by atoms with Crippen LogP contribution in [-0.4, -0.2) is 21.8 Å². The third-order valence-electron chi connectivity index (χ3n) is 6.51. The summed E-state index contributed by atoms with van der Waals surface area (Å²) in [5, 5.41) is 0. The highest BCUT2D eigenvalue weighted by Crippen LogP contribution is 2.41. The molecule has 1 saturated heterocycles. The van der Waals surface area contributed by atoms with Gasteiger partial charge in [-0.15, -0.1) is 13.2 Å². The number of hydrogen-bond acceptors (Lipinski definition) is 2. The minimum Gasteiger partial charge on any atom is -0.493 e. The first-order valence-corrected chi connectivity index (χ1v) is 13.0. The van der Waals surface area contributed by atoms with Crippen molar-refractivity contribution in [1.29, 1.82) is 0 Å². The van der Waals surface area contributed by atoms with Gasteiger partial charge in [-0.05, 0) is 55.6 Å². The van der Waals surface area contributed by atoms with Crippen molar-refractivity contribution in [3.8, 4) is 11.5 Å². The Balaban J connectivity index is 1.40. The average molecular weight is 432 g/mol. The van der Waals surface area contributed by atoms with Crippen LogP contribution in [0.5, 0.6) is 11.5 Å². The van der Waals surface area contributed by atoms with Gasteiger partial charge in [-0.25, -0.2) is 4.39 Å². The molecule has 1 aromatic carbocycles. The van der Waals surface area contributed by atoms with Gasteiger partial charge in [0.15, 0.2) is 11.6 Å². The fourth-order valence-electron chi connectivity index (χ4n) is 4.94. The van der Waals surface area contributed by atoms with Crippen LogP contribution in [0.4, 0.5) is 17.6 Å². The first kappa shape index (κ1) is 22.4. The molecule has 0 N–H and O–H groups in total. The van der Waals surface area contributed by atoms with Crippen LogP contribution in [0.15, 0.2) is 18.2 Å². The Labute approximate surface area is 172 Å². The van der Waals surface area contributed by atoms with E-state index in [1.54, 1.807) is 0 Å². The summed E-state index contributed by atoms with van der Waals surface area (Å²) in [6, 6.07) is 7.72. The van der Waals surface area contributed by atoms with E-state index < -0.39 is 17.9 Å². The maximum absolute atomic E-state index is 13.8. The fourth-order valence-corrected chi connectivity index (χ4v) is 7.96. The summed E-state index contributed by atoms with van der Waals surface area (Å²) in [5.41, 5.74) is 0. The number of alkyl halides is 3. The van der Waals surface area contributed by atoms with Crippen molar-refractivity contribution in [2.45, 2.75) is 76.4 Å². The van der Waals surface area contributed by atoms with Gasteiger partial charge in [0.2, 0.25) is 0 Å². The molecule has 3 rings (SSSR count). The Bertz CT molecular complexity index is 636. The summed E-state index contributed by atoms with van der Waals surface area (Å²) in [4.78, 5) is 0. The molecule has 1 aromatic rings. The van der Waals surface area contributed by atoms with Gasteiger partial charge in [0, 0.05) is 14.9 Å².